The Kier molecular flexibility index (Phi) is 3.73. The SMILES string of the molecule is CNc1nc(Nc2ccc(C#N)cc2)nc(OC)n1. The molecule has 0 saturated heterocycles. The van der Waals surface area contributed by atoms with Crippen LogP contribution in [0.3, 0.4) is 0 Å². The first-order valence-corrected chi connectivity index (χ1v) is 5.50. The van der Waals surface area contributed by atoms with Gasteiger partial charge in [0.2, 0.25) is 11.9 Å². The second kappa shape index (κ2) is 5.64. The van der Waals surface area contributed by atoms with E-state index >= 15 is 0 Å². The molecule has 0 amide bonds. The zero-order valence-electron chi connectivity index (χ0n) is 10.5. The smallest absolute Gasteiger partial charge is 0.322 e. The topological polar surface area (TPSA) is 95.8 Å². The zero-order chi connectivity index (χ0) is 13.7. The van der Waals surface area contributed by atoms with Crippen LogP contribution in [0.25, 0.3) is 0 Å². The van der Waals surface area contributed by atoms with Gasteiger partial charge in [0.25, 0.3) is 0 Å². The predicted octanol–water partition coefficient (Wildman–Crippen LogP) is 1.54. The van der Waals surface area contributed by atoms with Crippen molar-refractivity contribution in [1.82, 2.24) is 15.0 Å². The fraction of sp³-hybridized carbons (Fsp3) is 0.167. The van der Waals surface area contributed by atoms with E-state index in [0.29, 0.717) is 17.5 Å². The van der Waals surface area contributed by atoms with Crippen molar-refractivity contribution in [1.29, 1.82) is 5.26 Å². The van der Waals surface area contributed by atoms with E-state index < -0.39 is 0 Å². The average Bonchev–Trinajstić information content (AvgIpc) is 2.47. The third-order valence-corrected chi connectivity index (χ3v) is 2.29. The van der Waals surface area contributed by atoms with Crippen LogP contribution in [0.5, 0.6) is 6.01 Å². The molecule has 1 aromatic heterocycles. The second-order valence-corrected chi connectivity index (χ2v) is 3.53. The summed E-state index contributed by atoms with van der Waals surface area (Å²) in [6, 6.07) is 9.23. The first-order valence-electron chi connectivity index (χ1n) is 5.50. The van der Waals surface area contributed by atoms with Crippen LogP contribution in [-0.2, 0) is 0 Å². The summed E-state index contributed by atoms with van der Waals surface area (Å²) < 4.78 is 4.99. The highest BCUT2D eigenvalue weighted by Crippen LogP contribution is 2.16. The number of hydrogen-bond donors (Lipinski definition) is 2. The van der Waals surface area contributed by atoms with E-state index in [1.807, 2.05) is 0 Å². The minimum Gasteiger partial charge on any atom is -0.467 e. The molecule has 7 nitrogen and oxygen atoms in total. The van der Waals surface area contributed by atoms with Gasteiger partial charge in [-0.25, -0.2) is 0 Å². The van der Waals surface area contributed by atoms with Crippen LogP contribution in [0, 0.1) is 11.3 Å². The van der Waals surface area contributed by atoms with Crippen molar-refractivity contribution in [3.8, 4) is 12.1 Å². The number of hydrogen-bond acceptors (Lipinski definition) is 7. The lowest BCUT2D eigenvalue weighted by molar-refractivity contribution is 0.379. The Bertz CT molecular complexity index is 582. The van der Waals surface area contributed by atoms with Crippen LogP contribution in [0.4, 0.5) is 17.6 Å². The Balaban J connectivity index is 2.24. The van der Waals surface area contributed by atoms with E-state index in [2.05, 4.69) is 31.7 Å². The Labute approximate surface area is 110 Å². The molecule has 0 bridgehead atoms. The molecule has 96 valence electrons. The highest BCUT2D eigenvalue weighted by Gasteiger charge is 2.05. The van der Waals surface area contributed by atoms with Crippen LogP contribution in [0.2, 0.25) is 0 Å². The predicted molar refractivity (Wildman–Crippen MR) is 70.4 cm³/mol. The molecule has 0 radical (unpaired) electrons. The van der Waals surface area contributed by atoms with Gasteiger partial charge < -0.3 is 15.4 Å². The maximum absolute atomic E-state index is 8.73. The van der Waals surface area contributed by atoms with Gasteiger partial charge in [0.05, 0.1) is 18.7 Å². The molecule has 0 unspecified atom stereocenters. The van der Waals surface area contributed by atoms with Gasteiger partial charge in [0, 0.05) is 12.7 Å². The van der Waals surface area contributed by atoms with Crippen molar-refractivity contribution in [2.75, 3.05) is 24.8 Å². The van der Waals surface area contributed by atoms with Crippen LogP contribution in [0.1, 0.15) is 5.56 Å². The molecule has 0 aliphatic carbocycles. The molecular formula is C12H12N6O. The maximum Gasteiger partial charge on any atom is 0.322 e. The second-order valence-electron chi connectivity index (χ2n) is 3.53. The average molecular weight is 256 g/mol. The Morgan fingerprint density at radius 1 is 1.11 bits per heavy atom. The molecule has 1 aromatic carbocycles. The van der Waals surface area contributed by atoms with Crippen molar-refractivity contribution in [3.05, 3.63) is 29.8 Å². The van der Waals surface area contributed by atoms with E-state index in [4.69, 9.17) is 10.00 Å². The summed E-state index contributed by atoms with van der Waals surface area (Å²) in [4.78, 5) is 12.2. The summed E-state index contributed by atoms with van der Waals surface area (Å²) in [5.41, 5.74) is 1.36. The Morgan fingerprint density at radius 3 is 2.37 bits per heavy atom. The van der Waals surface area contributed by atoms with Crippen molar-refractivity contribution >= 4 is 17.6 Å². The van der Waals surface area contributed by atoms with E-state index in [1.54, 1.807) is 31.3 Å². The third kappa shape index (κ3) is 3.07. The number of benzene rings is 1. The van der Waals surface area contributed by atoms with Gasteiger partial charge in [-0.2, -0.15) is 20.2 Å². The Morgan fingerprint density at radius 2 is 1.79 bits per heavy atom. The number of nitriles is 1. The summed E-state index contributed by atoms with van der Waals surface area (Å²) in [6.07, 6.45) is 0. The van der Waals surface area contributed by atoms with Gasteiger partial charge in [0.1, 0.15) is 0 Å². The van der Waals surface area contributed by atoms with E-state index in [9.17, 15) is 0 Å². The minimum atomic E-state index is 0.218. The van der Waals surface area contributed by atoms with Crippen LogP contribution in [-0.4, -0.2) is 29.1 Å². The lowest BCUT2D eigenvalue weighted by Gasteiger charge is -2.07. The highest BCUT2D eigenvalue weighted by atomic mass is 16.5. The summed E-state index contributed by atoms with van der Waals surface area (Å²) in [6.45, 7) is 0. The van der Waals surface area contributed by atoms with Gasteiger partial charge in [-0.15, -0.1) is 0 Å². The molecule has 2 rings (SSSR count). The monoisotopic (exact) mass is 256 g/mol. The van der Waals surface area contributed by atoms with Crippen molar-refractivity contribution in [2.24, 2.45) is 0 Å². The molecule has 0 fully saturated rings. The van der Waals surface area contributed by atoms with Crippen LogP contribution in [0.15, 0.2) is 24.3 Å². The molecule has 2 N–H and O–H groups in total. The molecule has 19 heavy (non-hydrogen) atoms. The molecule has 0 saturated carbocycles. The molecule has 0 aliphatic rings. The summed E-state index contributed by atoms with van der Waals surface area (Å²) in [7, 11) is 3.19. The standard InChI is InChI=1S/C12H12N6O/c1-14-10-16-11(18-12(17-10)19-2)15-9-5-3-8(7-13)4-6-9/h3-6H,1-2H3,(H2,14,15,16,17,18). The number of aromatic nitrogens is 3. The number of ether oxygens (including phenoxy) is 1. The highest BCUT2D eigenvalue weighted by molar-refractivity contribution is 5.55. The molecular weight excluding hydrogens is 244 g/mol. The quantitative estimate of drug-likeness (QED) is 0.856. The van der Waals surface area contributed by atoms with Crippen LogP contribution < -0.4 is 15.4 Å². The zero-order valence-corrected chi connectivity index (χ0v) is 10.5. The van der Waals surface area contributed by atoms with Gasteiger partial charge >= 0.3 is 6.01 Å². The maximum atomic E-state index is 8.73. The third-order valence-electron chi connectivity index (χ3n) is 2.29. The number of anilines is 3. The lowest BCUT2D eigenvalue weighted by atomic mass is 10.2. The first-order chi connectivity index (χ1) is 9.25. The van der Waals surface area contributed by atoms with E-state index in [-0.39, 0.29) is 6.01 Å². The molecule has 0 spiro atoms. The van der Waals surface area contributed by atoms with E-state index in [0.717, 1.165) is 5.69 Å². The summed E-state index contributed by atoms with van der Waals surface area (Å²) >= 11 is 0. The van der Waals surface area contributed by atoms with Gasteiger partial charge in [-0.05, 0) is 24.3 Å². The largest absolute Gasteiger partial charge is 0.467 e. The molecule has 7 heteroatoms. The Hall–Kier alpha value is -2.88. The molecule has 2 aromatic rings. The van der Waals surface area contributed by atoms with Crippen molar-refractivity contribution in [3.63, 3.8) is 0 Å². The number of nitrogens with zero attached hydrogens (tertiary/aromatic N) is 4. The van der Waals surface area contributed by atoms with Crippen molar-refractivity contribution < 1.29 is 4.74 Å². The molecule has 0 atom stereocenters. The number of methoxy groups -OCH3 is 1. The number of nitrogens with one attached hydrogen (secondary N) is 2. The fourth-order valence-corrected chi connectivity index (χ4v) is 1.37. The molecule has 0 aliphatic heterocycles. The molecule has 1 heterocycles. The van der Waals surface area contributed by atoms with E-state index in [1.165, 1.54) is 7.11 Å². The van der Waals surface area contributed by atoms with Crippen LogP contribution >= 0.6 is 0 Å². The normalized spacial score (nSPS) is 9.53. The first kappa shape index (κ1) is 12.6. The van der Waals surface area contributed by atoms with Crippen molar-refractivity contribution in [2.45, 2.75) is 0 Å². The lowest BCUT2D eigenvalue weighted by Crippen LogP contribution is -2.05. The number of rotatable bonds is 4. The van der Waals surface area contributed by atoms with Gasteiger partial charge in [-0.3, -0.25) is 0 Å². The summed E-state index contributed by atoms with van der Waals surface area (Å²) in [5, 5.41) is 14.6. The van der Waals surface area contributed by atoms with Gasteiger partial charge in [-0.1, -0.05) is 0 Å². The van der Waals surface area contributed by atoms with Gasteiger partial charge in [0.15, 0.2) is 0 Å². The minimum absolute atomic E-state index is 0.218. The fourth-order valence-electron chi connectivity index (χ4n) is 1.37. The summed E-state index contributed by atoms with van der Waals surface area (Å²) in [5.74, 6) is 0.768.